The number of ether oxygens (including phenoxy) is 1. The molecule has 2 aromatic heterocycles. The van der Waals surface area contributed by atoms with Gasteiger partial charge < -0.3 is 15.0 Å². The normalized spacial score (nSPS) is 12.3. The number of hydrogen-bond acceptors (Lipinski definition) is 5. The van der Waals surface area contributed by atoms with Crippen LogP contribution in [0.3, 0.4) is 0 Å². The number of aromatic nitrogens is 3. The first-order valence-corrected chi connectivity index (χ1v) is 11.3. The van der Waals surface area contributed by atoms with Crippen LogP contribution in [0.1, 0.15) is 38.3 Å². The van der Waals surface area contributed by atoms with Gasteiger partial charge in [-0.1, -0.05) is 38.1 Å². The Bertz CT molecular complexity index is 1150. The Morgan fingerprint density at radius 2 is 1.90 bits per heavy atom. The van der Waals surface area contributed by atoms with Gasteiger partial charge in [-0.05, 0) is 37.1 Å². The number of thiazole rings is 1. The van der Waals surface area contributed by atoms with E-state index < -0.39 is 0 Å². The second-order valence-corrected chi connectivity index (χ2v) is 8.54. The van der Waals surface area contributed by atoms with Crippen molar-refractivity contribution in [3.8, 4) is 16.3 Å². The largest absolute Gasteiger partial charge is 0.493 e. The van der Waals surface area contributed by atoms with Crippen molar-refractivity contribution in [2.75, 3.05) is 6.61 Å². The minimum absolute atomic E-state index is 0.0749. The average Bonchev–Trinajstić information content (AvgIpc) is 3.39. The Balaban J connectivity index is 1.48. The summed E-state index contributed by atoms with van der Waals surface area (Å²) in [6, 6.07) is 15.5. The summed E-state index contributed by atoms with van der Waals surface area (Å²) < 4.78 is 5.71. The maximum absolute atomic E-state index is 12.8. The first-order valence-electron chi connectivity index (χ1n) is 10.5. The minimum Gasteiger partial charge on any atom is -0.493 e. The number of carbonyl (C=O) groups is 1. The highest BCUT2D eigenvalue weighted by Gasteiger charge is 2.22. The van der Waals surface area contributed by atoms with Gasteiger partial charge in [0.25, 0.3) is 0 Å². The fourth-order valence-corrected chi connectivity index (χ4v) is 4.35. The third-order valence-electron chi connectivity index (χ3n) is 5.00. The summed E-state index contributed by atoms with van der Waals surface area (Å²) >= 11 is 1.52. The molecule has 4 rings (SSSR count). The molecule has 31 heavy (non-hydrogen) atoms. The SMILES string of the molecule is CCOc1ccccc1-c1nc(CC(=O)N[C@H](c2nc3ccccc3[nH]2)C(C)C)cs1. The molecule has 7 heteroatoms. The van der Waals surface area contributed by atoms with E-state index in [1.54, 1.807) is 0 Å². The number of hydrogen-bond donors (Lipinski definition) is 2. The number of nitrogens with one attached hydrogen (secondary N) is 2. The Hall–Kier alpha value is -3.19. The van der Waals surface area contributed by atoms with Crippen molar-refractivity contribution >= 4 is 28.3 Å². The molecule has 0 radical (unpaired) electrons. The molecule has 0 fully saturated rings. The van der Waals surface area contributed by atoms with E-state index >= 15 is 0 Å². The van der Waals surface area contributed by atoms with Crippen molar-refractivity contribution in [3.05, 3.63) is 65.4 Å². The molecule has 1 amide bonds. The Labute approximate surface area is 185 Å². The van der Waals surface area contributed by atoms with Crippen LogP contribution in [0.5, 0.6) is 5.75 Å². The standard InChI is InChI=1S/C24H26N4O2S/c1-4-30-20-12-8-5-9-17(20)24-25-16(14-31-24)13-21(29)28-22(15(2)3)23-26-18-10-6-7-11-19(18)27-23/h5-12,14-15,22H,4,13H2,1-3H3,(H,26,27)(H,28,29)/t22-/m0/s1. The number of aromatic amines is 1. The van der Waals surface area contributed by atoms with E-state index in [9.17, 15) is 4.79 Å². The summed E-state index contributed by atoms with van der Waals surface area (Å²) in [5, 5.41) is 5.92. The number of rotatable bonds is 8. The molecule has 4 aromatic rings. The van der Waals surface area contributed by atoms with E-state index in [-0.39, 0.29) is 24.3 Å². The molecule has 2 aromatic carbocycles. The van der Waals surface area contributed by atoms with Crippen LogP contribution in [-0.2, 0) is 11.2 Å². The molecule has 0 aliphatic rings. The quantitative estimate of drug-likeness (QED) is 0.402. The lowest BCUT2D eigenvalue weighted by Gasteiger charge is -2.20. The van der Waals surface area contributed by atoms with Crippen molar-refractivity contribution in [2.45, 2.75) is 33.2 Å². The minimum atomic E-state index is -0.198. The predicted octanol–water partition coefficient (Wildman–Crippen LogP) is 5.14. The zero-order valence-corrected chi connectivity index (χ0v) is 18.7. The summed E-state index contributed by atoms with van der Waals surface area (Å²) in [4.78, 5) is 25.5. The molecule has 160 valence electrons. The first kappa shape index (κ1) is 21.1. The molecule has 2 heterocycles. The second kappa shape index (κ2) is 9.31. The van der Waals surface area contributed by atoms with Crippen LogP contribution in [-0.4, -0.2) is 27.5 Å². The van der Waals surface area contributed by atoms with Crippen LogP contribution < -0.4 is 10.1 Å². The molecule has 0 saturated heterocycles. The Morgan fingerprint density at radius 3 is 2.68 bits per heavy atom. The third-order valence-corrected chi connectivity index (χ3v) is 5.92. The predicted molar refractivity (Wildman–Crippen MR) is 124 cm³/mol. The number of H-pyrrole nitrogens is 1. The molecule has 0 unspecified atom stereocenters. The number of carbonyl (C=O) groups excluding carboxylic acids is 1. The van der Waals surface area contributed by atoms with Crippen LogP contribution in [0.15, 0.2) is 53.9 Å². The fraction of sp³-hybridized carbons (Fsp3) is 0.292. The van der Waals surface area contributed by atoms with Gasteiger partial charge in [-0.3, -0.25) is 4.79 Å². The number of amides is 1. The van der Waals surface area contributed by atoms with Gasteiger partial charge in [0.1, 0.15) is 16.6 Å². The van der Waals surface area contributed by atoms with Crippen LogP contribution in [0.4, 0.5) is 0 Å². The van der Waals surface area contributed by atoms with Crippen LogP contribution in [0.25, 0.3) is 21.6 Å². The summed E-state index contributed by atoms with van der Waals surface area (Å²) in [5.41, 5.74) is 3.56. The van der Waals surface area contributed by atoms with E-state index in [2.05, 4.69) is 34.1 Å². The summed E-state index contributed by atoms with van der Waals surface area (Å²) in [6.07, 6.45) is 0.219. The number of imidazole rings is 1. The number of benzene rings is 2. The lowest BCUT2D eigenvalue weighted by atomic mass is 10.0. The van der Waals surface area contributed by atoms with Crippen LogP contribution in [0.2, 0.25) is 0 Å². The van der Waals surface area contributed by atoms with Crippen molar-refractivity contribution in [1.29, 1.82) is 0 Å². The number of fused-ring (bicyclic) bond motifs is 1. The lowest BCUT2D eigenvalue weighted by Crippen LogP contribution is -2.33. The highest BCUT2D eigenvalue weighted by molar-refractivity contribution is 7.13. The third kappa shape index (κ3) is 4.77. The molecule has 0 saturated carbocycles. The average molecular weight is 435 g/mol. The highest BCUT2D eigenvalue weighted by atomic mass is 32.1. The van der Waals surface area contributed by atoms with Crippen molar-refractivity contribution in [1.82, 2.24) is 20.3 Å². The summed E-state index contributed by atoms with van der Waals surface area (Å²) in [5.74, 6) is 1.69. The zero-order chi connectivity index (χ0) is 21.8. The first-order chi connectivity index (χ1) is 15.0. The van der Waals surface area contributed by atoms with Gasteiger partial charge in [0.2, 0.25) is 5.91 Å². The lowest BCUT2D eigenvalue weighted by molar-refractivity contribution is -0.121. The van der Waals surface area contributed by atoms with Gasteiger partial charge in [-0.2, -0.15) is 0 Å². The Morgan fingerprint density at radius 1 is 1.13 bits per heavy atom. The number of nitrogens with zero attached hydrogens (tertiary/aromatic N) is 2. The topological polar surface area (TPSA) is 79.9 Å². The molecule has 6 nitrogen and oxygen atoms in total. The molecule has 2 N–H and O–H groups in total. The highest BCUT2D eigenvalue weighted by Crippen LogP contribution is 2.32. The van der Waals surface area contributed by atoms with E-state index in [1.807, 2.05) is 60.8 Å². The zero-order valence-electron chi connectivity index (χ0n) is 17.9. The molecule has 0 aliphatic heterocycles. The molecule has 0 spiro atoms. The number of para-hydroxylation sites is 3. The van der Waals surface area contributed by atoms with Crippen molar-refractivity contribution in [3.63, 3.8) is 0 Å². The van der Waals surface area contributed by atoms with E-state index in [4.69, 9.17) is 4.74 Å². The maximum atomic E-state index is 12.8. The smallest absolute Gasteiger partial charge is 0.226 e. The van der Waals surface area contributed by atoms with Gasteiger partial charge in [0.05, 0.1) is 41.4 Å². The summed E-state index contributed by atoms with van der Waals surface area (Å²) in [6.45, 7) is 6.70. The van der Waals surface area contributed by atoms with Gasteiger partial charge in [0, 0.05) is 5.38 Å². The van der Waals surface area contributed by atoms with Crippen molar-refractivity contribution < 1.29 is 9.53 Å². The maximum Gasteiger partial charge on any atom is 0.226 e. The van der Waals surface area contributed by atoms with E-state index in [1.165, 1.54) is 11.3 Å². The molecule has 0 aliphatic carbocycles. The van der Waals surface area contributed by atoms with Gasteiger partial charge >= 0.3 is 0 Å². The monoisotopic (exact) mass is 434 g/mol. The van der Waals surface area contributed by atoms with E-state index in [0.717, 1.165) is 38.9 Å². The van der Waals surface area contributed by atoms with E-state index in [0.29, 0.717) is 6.61 Å². The molecule has 0 bridgehead atoms. The van der Waals surface area contributed by atoms with Crippen LogP contribution in [0, 0.1) is 5.92 Å². The van der Waals surface area contributed by atoms with Gasteiger partial charge in [-0.25, -0.2) is 9.97 Å². The van der Waals surface area contributed by atoms with Gasteiger partial charge in [-0.15, -0.1) is 11.3 Å². The molecular weight excluding hydrogens is 408 g/mol. The van der Waals surface area contributed by atoms with Crippen molar-refractivity contribution in [2.24, 2.45) is 5.92 Å². The fourth-order valence-electron chi connectivity index (χ4n) is 3.50. The second-order valence-electron chi connectivity index (χ2n) is 7.68. The Kier molecular flexibility index (Phi) is 6.32. The summed E-state index contributed by atoms with van der Waals surface area (Å²) in [7, 11) is 0. The molecule has 1 atom stereocenters. The molecular formula is C24H26N4O2S. The van der Waals surface area contributed by atoms with Gasteiger partial charge in [0.15, 0.2) is 0 Å². The van der Waals surface area contributed by atoms with Crippen LogP contribution >= 0.6 is 11.3 Å².